The Labute approximate surface area is 122 Å². The predicted octanol–water partition coefficient (Wildman–Crippen LogP) is 3.77. The zero-order valence-corrected chi connectivity index (χ0v) is 12.9. The molecule has 110 valence electrons. The van der Waals surface area contributed by atoms with E-state index in [1.165, 1.54) is 12.8 Å². The van der Waals surface area contributed by atoms with Crippen molar-refractivity contribution in [2.24, 2.45) is 5.92 Å². The maximum absolute atomic E-state index is 12.8. The normalized spacial score (nSPS) is 15.6. The first-order valence-corrected chi connectivity index (χ1v) is 7.70. The zero-order chi connectivity index (χ0) is 14.5. The molecule has 0 radical (unpaired) electrons. The maximum atomic E-state index is 12.8. The van der Waals surface area contributed by atoms with E-state index in [-0.39, 0.29) is 5.91 Å². The minimum atomic E-state index is 0.188. The molecule has 1 aliphatic rings. The van der Waals surface area contributed by atoms with Gasteiger partial charge in [0, 0.05) is 30.9 Å². The standard InChI is InChI=1S/C17H26N2O/c1-13(2)12-19(16-6-4-5-7-16)17(20)14-8-10-15(18-3)11-9-14/h8-11,13,16,18H,4-7,12H2,1-3H3. The number of carbonyl (C=O) groups is 1. The van der Waals surface area contributed by atoms with E-state index in [9.17, 15) is 4.79 Å². The number of carbonyl (C=O) groups excluding carboxylic acids is 1. The third-order valence-electron chi connectivity index (χ3n) is 4.01. The van der Waals surface area contributed by atoms with Crippen LogP contribution in [0.2, 0.25) is 0 Å². The van der Waals surface area contributed by atoms with Crippen LogP contribution >= 0.6 is 0 Å². The van der Waals surface area contributed by atoms with Crippen molar-refractivity contribution in [2.75, 3.05) is 18.9 Å². The lowest BCUT2D eigenvalue weighted by atomic mass is 10.1. The summed E-state index contributed by atoms with van der Waals surface area (Å²) < 4.78 is 0. The molecule has 0 unspecified atom stereocenters. The van der Waals surface area contributed by atoms with E-state index in [1.54, 1.807) is 0 Å². The Hall–Kier alpha value is -1.51. The second-order valence-electron chi connectivity index (χ2n) is 6.12. The SMILES string of the molecule is CNc1ccc(C(=O)N(CC(C)C)C2CCCC2)cc1. The van der Waals surface area contributed by atoms with Gasteiger partial charge in [0.15, 0.2) is 0 Å². The number of anilines is 1. The summed E-state index contributed by atoms with van der Waals surface area (Å²) in [5.41, 5.74) is 1.84. The Morgan fingerprint density at radius 1 is 1.25 bits per heavy atom. The van der Waals surface area contributed by atoms with Crippen molar-refractivity contribution in [3.05, 3.63) is 29.8 Å². The van der Waals surface area contributed by atoms with Gasteiger partial charge in [-0.3, -0.25) is 4.79 Å². The molecule has 0 atom stereocenters. The van der Waals surface area contributed by atoms with Crippen LogP contribution in [0.3, 0.4) is 0 Å². The molecule has 0 aliphatic heterocycles. The van der Waals surface area contributed by atoms with Crippen LogP contribution < -0.4 is 5.32 Å². The summed E-state index contributed by atoms with van der Waals surface area (Å²) in [6.07, 6.45) is 4.83. The molecule has 1 aromatic carbocycles. The fourth-order valence-corrected chi connectivity index (χ4v) is 2.95. The highest BCUT2D eigenvalue weighted by molar-refractivity contribution is 5.94. The van der Waals surface area contributed by atoms with Gasteiger partial charge < -0.3 is 10.2 Å². The highest BCUT2D eigenvalue weighted by Crippen LogP contribution is 2.26. The molecule has 1 fully saturated rings. The molecular weight excluding hydrogens is 248 g/mol. The van der Waals surface area contributed by atoms with Gasteiger partial charge in [-0.2, -0.15) is 0 Å². The van der Waals surface area contributed by atoms with Crippen LogP contribution in [-0.4, -0.2) is 30.4 Å². The number of amides is 1. The quantitative estimate of drug-likeness (QED) is 0.886. The molecule has 1 N–H and O–H groups in total. The summed E-state index contributed by atoms with van der Waals surface area (Å²) in [6, 6.07) is 8.23. The van der Waals surface area contributed by atoms with Crippen molar-refractivity contribution in [1.82, 2.24) is 4.90 Å². The number of rotatable bonds is 5. The topological polar surface area (TPSA) is 32.3 Å². The molecule has 1 saturated carbocycles. The molecule has 20 heavy (non-hydrogen) atoms. The van der Waals surface area contributed by atoms with Crippen molar-refractivity contribution in [3.8, 4) is 0 Å². The van der Waals surface area contributed by atoms with Gasteiger partial charge in [0.05, 0.1) is 0 Å². The second-order valence-corrected chi connectivity index (χ2v) is 6.12. The van der Waals surface area contributed by atoms with Crippen LogP contribution in [0, 0.1) is 5.92 Å². The summed E-state index contributed by atoms with van der Waals surface area (Å²) in [4.78, 5) is 14.9. The smallest absolute Gasteiger partial charge is 0.254 e. The lowest BCUT2D eigenvalue weighted by Crippen LogP contribution is -2.41. The summed E-state index contributed by atoms with van der Waals surface area (Å²) in [6.45, 7) is 5.22. The van der Waals surface area contributed by atoms with Gasteiger partial charge in [-0.1, -0.05) is 26.7 Å². The van der Waals surface area contributed by atoms with Crippen LogP contribution in [0.4, 0.5) is 5.69 Å². The Morgan fingerprint density at radius 2 is 1.85 bits per heavy atom. The Morgan fingerprint density at radius 3 is 2.35 bits per heavy atom. The third-order valence-corrected chi connectivity index (χ3v) is 4.01. The van der Waals surface area contributed by atoms with Gasteiger partial charge in [-0.15, -0.1) is 0 Å². The average molecular weight is 274 g/mol. The summed E-state index contributed by atoms with van der Waals surface area (Å²) in [5.74, 6) is 0.699. The lowest BCUT2D eigenvalue weighted by molar-refractivity contribution is 0.0655. The number of hydrogen-bond acceptors (Lipinski definition) is 2. The van der Waals surface area contributed by atoms with Crippen molar-refractivity contribution in [3.63, 3.8) is 0 Å². The predicted molar refractivity (Wildman–Crippen MR) is 84.1 cm³/mol. The van der Waals surface area contributed by atoms with Crippen molar-refractivity contribution >= 4 is 11.6 Å². The van der Waals surface area contributed by atoms with Gasteiger partial charge in [0.2, 0.25) is 0 Å². The van der Waals surface area contributed by atoms with Crippen molar-refractivity contribution < 1.29 is 4.79 Å². The van der Waals surface area contributed by atoms with Gasteiger partial charge >= 0.3 is 0 Å². The van der Waals surface area contributed by atoms with E-state index >= 15 is 0 Å². The molecule has 3 heteroatoms. The van der Waals surface area contributed by atoms with E-state index < -0.39 is 0 Å². The van der Waals surface area contributed by atoms with Crippen molar-refractivity contribution in [1.29, 1.82) is 0 Å². The Balaban J connectivity index is 2.15. The van der Waals surface area contributed by atoms with Crippen LogP contribution in [0.25, 0.3) is 0 Å². The molecule has 0 saturated heterocycles. The molecule has 1 amide bonds. The summed E-state index contributed by atoms with van der Waals surface area (Å²) in [5, 5.41) is 3.08. The van der Waals surface area contributed by atoms with E-state index in [4.69, 9.17) is 0 Å². The molecule has 0 bridgehead atoms. The number of nitrogens with zero attached hydrogens (tertiary/aromatic N) is 1. The average Bonchev–Trinajstić information content (AvgIpc) is 2.98. The van der Waals surface area contributed by atoms with E-state index in [0.29, 0.717) is 12.0 Å². The minimum Gasteiger partial charge on any atom is -0.388 e. The molecule has 2 rings (SSSR count). The fourth-order valence-electron chi connectivity index (χ4n) is 2.95. The Kier molecular flexibility index (Phi) is 5.05. The lowest BCUT2D eigenvalue weighted by Gasteiger charge is -2.30. The Bertz CT molecular complexity index is 433. The van der Waals surface area contributed by atoms with E-state index in [2.05, 4.69) is 24.1 Å². The first-order valence-electron chi connectivity index (χ1n) is 7.70. The second kappa shape index (κ2) is 6.78. The van der Waals surface area contributed by atoms with Crippen LogP contribution in [0.5, 0.6) is 0 Å². The zero-order valence-electron chi connectivity index (χ0n) is 12.9. The van der Waals surface area contributed by atoms with Gasteiger partial charge in [-0.05, 0) is 43.0 Å². The number of benzene rings is 1. The van der Waals surface area contributed by atoms with Crippen LogP contribution in [0.15, 0.2) is 24.3 Å². The van der Waals surface area contributed by atoms with Crippen molar-refractivity contribution in [2.45, 2.75) is 45.6 Å². The van der Waals surface area contributed by atoms with E-state index in [1.807, 2.05) is 31.3 Å². The highest BCUT2D eigenvalue weighted by Gasteiger charge is 2.27. The van der Waals surface area contributed by atoms with Crippen LogP contribution in [-0.2, 0) is 0 Å². The van der Waals surface area contributed by atoms with Gasteiger partial charge in [-0.25, -0.2) is 0 Å². The molecule has 1 aromatic rings. The monoisotopic (exact) mass is 274 g/mol. The largest absolute Gasteiger partial charge is 0.388 e. The molecular formula is C17H26N2O. The molecule has 3 nitrogen and oxygen atoms in total. The van der Waals surface area contributed by atoms with Crippen LogP contribution in [0.1, 0.15) is 49.9 Å². The first-order chi connectivity index (χ1) is 9.61. The third kappa shape index (κ3) is 3.53. The summed E-state index contributed by atoms with van der Waals surface area (Å²) in [7, 11) is 1.89. The first kappa shape index (κ1) is 14.9. The fraction of sp³-hybridized carbons (Fsp3) is 0.588. The highest BCUT2D eigenvalue weighted by atomic mass is 16.2. The van der Waals surface area contributed by atoms with Gasteiger partial charge in [0.1, 0.15) is 0 Å². The minimum absolute atomic E-state index is 0.188. The molecule has 0 aromatic heterocycles. The molecule has 0 heterocycles. The van der Waals surface area contributed by atoms with E-state index in [0.717, 1.165) is 30.6 Å². The molecule has 1 aliphatic carbocycles. The maximum Gasteiger partial charge on any atom is 0.254 e. The number of nitrogens with one attached hydrogen (secondary N) is 1. The molecule has 0 spiro atoms. The van der Waals surface area contributed by atoms with Gasteiger partial charge in [0.25, 0.3) is 5.91 Å². The summed E-state index contributed by atoms with van der Waals surface area (Å²) >= 11 is 0. The number of hydrogen-bond donors (Lipinski definition) is 1.